The Labute approximate surface area is 149 Å². The smallest absolute Gasteiger partial charge is 0.319 e. The summed E-state index contributed by atoms with van der Waals surface area (Å²) in [6, 6.07) is 11.1. The molecule has 1 aliphatic heterocycles. The number of ether oxygens (including phenoxy) is 2. The molecule has 0 bridgehead atoms. The summed E-state index contributed by atoms with van der Waals surface area (Å²) in [5.41, 5.74) is 2.85. The molecule has 2 aromatic rings. The second-order valence-corrected chi connectivity index (χ2v) is 6.60. The number of hydrogen-bond acceptors (Lipinski definition) is 3. The first kappa shape index (κ1) is 16.6. The van der Waals surface area contributed by atoms with E-state index in [0.29, 0.717) is 13.0 Å². The molecule has 3 rings (SSSR count). The topological polar surface area (TPSA) is 59.6 Å². The van der Waals surface area contributed by atoms with Gasteiger partial charge in [0, 0.05) is 10.2 Å². The summed E-state index contributed by atoms with van der Waals surface area (Å²) in [4.78, 5) is 12.2. The Morgan fingerprint density at radius 3 is 2.88 bits per heavy atom. The molecule has 24 heavy (non-hydrogen) atoms. The van der Waals surface area contributed by atoms with E-state index in [1.807, 2.05) is 43.3 Å². The average molecular weight is 391 g/mol. The van der Waals surface area contributed by atoms with Crippen LogP contribution in [0.5, 0.6) is 11.5 Å². The van der Waals surface area contributed by atoms with Crippen LogP contribution in [0.3, 0.4) is 0 Å². The number of nitrogens with one attached hydrogen (secondary N) is 2. The average Bonchev–Trinajstić information content (AvgIpc) is 2.57. The molecule has 2 amide bonds. The second kappa shape index (κ2) is 7.13. The first-order valence-electron chi connectivity index (χ1n) is 7.68. The van der Waals surface area contributed by atoms with Gasteiger partial charge < -0.3 is 20.1 Å². The van der Waals surface area contributed by atoms with Crippen molar-refractivity contribution < 1.29 is 14.3 Å². The van der Waals surface area contributed by atoms with Crippen LogP contribution in [0.25, 0.3) is 0 Å². The molecule has 1 heterocycles. The lowest BCUT2D eigenvalue weighted by Gasteiger charge is -2.26. The van der Waals surface area contributed by atoms with Gasteiger partial charge in [0.2, 0.25) is 0 Å². The minimum absolute atomic E-state index is 0.0823. The Balaban J connectivity index is 1.61. The van der Waals surface area contributed by atoms with Crippen molar-refractivity contribution in [2.24, 2.45) is 0 Å². The molecule has 0 radical (unpaired) electrons. The van der Waals surface area contributed by atoms with Gasteiger partial charge in [-0.15, -0.1) is 0 Å². The van der Waals surface area contributed by atoms with Gasteiger partial charge in [0.1, 0.15) is 18.1 Å². The molecule has 5 nitrogen and oxygen atoms in total. The summed E-state index contributed by atoms with van der Waals surface area (Å²) in [6.45, 7) is 2.43. The number of urea groups is 1. The third-order valence-electron chi connectivity index (χ3n) is 3.93. The maximum Gasteiger partial charge on any atom is 0.319 e. The highest BCUT2D eigenvalue weighted by Gasteiger charge is 2.22. The van der Waals surface area contributed by atoms with Crippen molar-refractivity contribution in [2.45, 2.75) is 19.4 Å². The van der Waals surface area contributed by atoms with Gasteiger partial charge in [-0.3, -0.25) is 0 Å². The van der Waals surface area contributed by atoms with Crippen molar-refractivity contribution in [1.29, 1.82) is 0 Å². The van der Waals surface area contributed by atoms with E-state index >= 15 is 0 Å². The van der Waals surface area contributed by atoms with Crippen LogP contribution in [-0.2, 0) is 6.42 Å². The number of halogens is 1. The summed E-state index contributed by atoms with van der Waals surface area (Å²) >= 11 is 3.45. The highest BCUT2D eigenvalue weighted by Crippen LogP contribution is 2.28. The van der Waals surface area contributed by atoms with E-state index < -0.39 is 0 Å². The fourth-order valence-corrected chi connectivity index (χ4v) is 2.91. The summed E-state index contributed by atoms with van der Waals surface area (Å²) in [5.74, 6) is 1.63. The lowest BCUT2D eigenvalue weighted by molar-refractivity contribution is 0.222. The van der Waals surface area contributed by atoms with Gasteiger partial charge in [0.05, 0.1) is 13.2 Å². The molecule has 0 saturated carbocycles. The van der Waals surface area contributed by atoms with Crippen LogP contribution >= 0.6 is 15.9 Å². The maximum absolute atomic E-state index is 12.2. The first-order valence-corrected chi connectivity index (χ1v) is 8.48. The van der Waals surface area contributed by atoms with Crippen LogP contribution in [0.2, 0.25) is 0 Å². The van der Waals surface area contributed by atoms with E-state index in [1.165, 1.54) is 0 Å². The van der Waals surface area contributed by atoms with Crippen LogP contribution in [0.15, 0.2) is 40.9 Å². The molecule has 126 valence electrons. The molecular weight excluding hydrogens is 372 g/mol. The molecule has 2 aromatic carbocycles. The van der Waals surface area contributed by atoms with Gasteiger partial charge in [0.25, 0.3) is 0 Å². The van der Waals surface area contributed by atoms with Gasteiger partial charge >= 0.3 is 6.03 Å². The summed E-state index contributed by atoms with van der Waals surface area (Å²) < 4.78 is 12.0. The van der Waals surface area contributed by atoms with Crippen molar-refractivity contribution in [3.05, 3.63) is 52.0 Å². The number of rotatable bonds is 3. The molecule has 0 unspecified atom stereocenters. The molecule has 0 aromatic heterocycles. The SMILES string of the molecule is COc1ccc2c(c1)C[C@@H](NC(=O)Nc1ccc(Br)c(C)c1)CO2. The third-order valence-corrected chi connectivity index (χ3v) is 4.81. The maximum atomic E-state index is 12.2. The van der Waals surface area contributed by atoms with E-state index in [4.69, 9.17) is 9.47 Å². The largest absolute Gasteiger partial charge is 0.497 e. The predicted molar refractivity (Wildman–Crippen MR) is 97.0 cm³/mol. The lowest BCUT2D eigenvalue weighted by Crippen LogP contribution is -2.44. The number of anilines is 1. The third kappa shape index (κ3) is 3.82. The second-order valence-electron chi connectivity index (χ2n) is 5.75. The zero-order chi connectivity index (χ0) is 17.1. The number of fused-ring (bicyclic) bond motifs is 1. The van der Waals surface area contributed by atoms with Crippen molar-refractivity contribution in [1.82, 2.24) is 5.32 Å². The molecular formula is C18H19BrN2O3. The van der Waals surface area contributed by atoms with E-state index in [0.717, 1.165) is 32.8 Å². The van der Waals surface area contributed by atoms with Crippen LogP contribution in [0, 0.1) is 6.92 Å². The minimum Gasteiger partial charge on any atom is -0.497 e. The van der Waals surface area contributed by atoms with E-state index in [9.17, 15) is 4.79 Å². The Bertz CT molecular complexity index is 764. The predicted octanol–water partition coefficient (Wildman–Crippen LogP) is 3.89. The number of aryl methyl sites for hydroxylation is 1. The lowest BCUT2D eigenvalue weighted by atomic mass is 10.0. The fraction of sp³-hybridized carbons (Fsp3) is 0.278. The van der Waals surface area contributed by atoms with Gasteiger partial charge in [-0.05, 0) is 60.9 Å². The monoisotopic (exact) mass is 390 g/mol. The molecule has 0 aliphatic carbocycles. The molecule has 2 N–H and O–H groups in total. The van der Waals surface area contributed by atoms with E-state index in [-0.39, 0.29) is 12.1 Å². The molecule has 6 heteroatoms. The highest BCUT2D eigenvalue weighted by molar-refractivity contribution is 9.10. The number of carbonyl (C=O) groups is 1. The molecule has 1 aliphatic rings. The molecule has 1 atom stereocenters. The quantitative estimate of drug-likeness (QED) is 0.835. The highest BCUT2D eigenvalue weighted by atomic mass is 79.9. The van der Waals surface area contributed by atoms with Gasteiger partial charge in [-0.2, -0.15) is 0 Å². The normalized spacial score (nSPS) is 15.9. The Hall–Kier alpha value is -2.21. The molecule has 0 spiro atoms. The van der Waals surface area contributed by atoms with Crippen LogP contribution < -0.4 is 20.1 Å². The van der Waals surface area contributed by atoms with Crippen LogP contribution in [0.1, 0.15) is 11.1 Å². The first-order chi connectivity index (χ1) is 11.5. The number of benzene rings is 2. The number of amides is 2. The number of hydrogen-bond donors (Lipinski definition) is 2. The fourth-order valence-electron chi connectivity index (χ4n) is 2.67. The van der Waals surface area contributed by atoms with Crippen LogP contribution in [-0.4, -0.2) is 25.8 Å². The van der Waals surface area contributed by atoms with Crippen molar-refractivity contribution in [3.63, 3.8) is 0 Å². The van der Waals surface area contributed by atoms with Gasteiger partial charge in [0.15, 0.2) is 0 Å². The van der Waals surface area contributed by atoms with Gasteiger partial charge in [-0.1, -0.05) is 15.9 Å². The molecule has 0 fully saturated rings. The van der Waals surface area contributed by atoms with Gasteiger partial charge in [-0.25, -0.2) is 4.79 Å². The van der Waals surface area contributed by atoms with E-state index in [1.54, 1.807) is 7.11 Å². The van der Waals surface area contributed by atoms with Crippen molar-refractivity contribution in [3.8, 4) is 11.5 Å². The number of methoxy groups -OCH3 is 1. The minimum atomic E-state index is -0.239. The zero-order valence-electron chi connectivity index (χ0n) is 13.6. The van der Waals surface area contributed by atoms with Crippen LogP contribution in [0.4, 0.5) is 10.5 Å². The standard InChI is InChI=1S/C18H19BrN2O3/c1-11-7-13(3-5-16(11)19)20-18(22)21-14-8-12-9-15(23-2)4-6-17(12)24-10-14/h3-7,9,14H,8,10H2,1-2H3,(H2,20,21,22)/t14-/m1/s1. The summed E-state index contributed by atoms with van der Waals surface area (Å²) in [7, 11) is 1.63. The summed E-state index contributed by atoms with van der Waals surface area (Å²) in [5, 5.41) is 5.80. The Morgan fingerprint density at radius 2 is 2.12 bits per heavy atom. The van der Waals surface area contributed by atoms with Crippen molar-refractivity contribution in [2.75, 3.05) is 19.0 Å². The number of carbonyl (C=O) groups excluding carboxylic acids is 1. The van der Waals surface area contributed by atoms with Crippen molar-refractivity contribution >= 4 is 27.6 Å². The summed E-state index contributed by atoms with van der Waals surface area (Å²) in [6.07, 6.45) is 0.708. The molecule has 0 saturated heterocycles. The van der Waals surface area contributed by atoms with E-state index in [2.05, 4.69) is 26.6 Å². The Morgan fingerprint density at radius 1 is 1.29 bits per heavy atom. The Kier molecular flexibility index (Phi) is 4.94. The zero-order valence-corrected chi connectivity index (χ0v) is 15.1.